The molecular weight excluding hydrogens is 277 g/mol. The number of carboxylic acids is 1. The summed E-state index contributed by atoms with van der Waals surface area (Å²) in [6, 6.07) is 7.69. The van der Waals surface area contributed by atoms with Gasteiger partial charge in [0.2, 0.25) is 0 Å². The average Bonchev–Trinajstić information content (AvgIpc) is 2.41. The molecular formula is C15H12FNO4. The van der Waals surface area contributed by atoms with Crippen molar-refractivity contribution in [2.45, 2.75) is 6.92 Å². The van der Waals surface area contributed by atoms with Gasteiger partial charge in [-0.25, -0.2) is 9.18 Å². The van der Waals surface area contributed by atoms with Crippen LogP contribution >= 0.6 is 0 Å². The molecule has 108 valence electrons. The van der Waals surface area contributed by atoms with E-state index in [1.54, 1.807) is 6.92 Å². The van der Waals surface area contributed by atoms with Gasteiger partial charge in [0, 0.05) is 17.3 Å². The van der Waals surface area contributed by atoms with E-state index in [9.17, 15) is 19.1 Å². The van der Waals surface area contributed by atoms with Crippen LogP contribution in [0.5, 0.6) is 5.75 Å². The summed E-state index contributed by atoms with van der Waals surface area (Å²) in [5.41, 5.74) is 0.493. The Balaban J connectivity index is 2.21. The van der Waals surface area contributed by atoms with Crippen molar-refractivity contribution in [3.63, 3.8) is 0 Å². The summed E-state index contributed by atoms with van der Waals surface area (Å²) in [6.07, 6.45) is 0. The van der Waals surface area contributed by atoms with Crippen LogP contribution in [0.4, 0.5) is 10.1 Å². The Morgan fingerprint density at radius 3 is 2.43 bits per heavy atom. The summed E-state index contributed by atoms with van der Waals surface area (Å²) in [4.78, 5) is 22.7. The molecule has 2 aromatic rings. The standard InChI is InChI=1S/C15H12FNO4/c1-8-2-3-9(6-12(8)16)14(19)17-10-4-5-11(15(20)21)13(18)7-10/h2-7,18H,1H3,(H,17,19)(H,20,21). The van der Waals surface area contributed by atoms with Crippen molar-refractivity contribution in [1.82, 2.24) is 0 Å². The van der Waals surface area contributed by atoms with Crippen LogP contribution in [-0.4, -0.2) is 22.1 Å². The molecule has 0 saturated carbocycles. The van der Waals surface area contributed by atoms with Gasteiger partial charge >= 0.3 is 5.97 Å². The van der Waals surface area contributed by atoms with Crippen molar-refractivity contribution in [2.24, 2.45) is 0 Å². The minimum absolute atomic E-state index is 0.125. The van der Waals surface area contributed by atoms with Crippen molar-refractivity contribution in [1.29, 1.82) is 0 Å². The zero-order chi connectivity index (χ0) is 15.6. The Kier molecular flexibility index (Phi) is 3.89. The quantitative estimate of drug-likeness (QED) is 0.811. The topological polar surface area (TPSA) is 86.6 Å². The number of carbonyl (C=O) groups is 2. The van der Waals surface area contributed by atoms with Crippen LogP contribution < -0.4 is 5.32 Å². The number of carbonyl (C=O) groups excluding carboxylic acids is 1. The van der Waals surface area contributed by atoms with Crippen molar-refractivity contribution in [3.8, 4) is 5.75 Å². The number of rotatable bonds is 3. The number of aromatic hydroxyl groups is 1. The van der Waals surface area contributed by atoms with E-state index in [-0.39, 0.29) is 16.8 Å². The fraction of sp³-hybridized carbons (Fsp3) is 0.0667. The SMILES string of the molecule is Cc1ccc(C(=O)Nc2ccc(C(=O)O)c(O)c2)cc1F. The number of hydrogen-bond acceptors (Lipinski definition) is 3. The maximum absolute atomic E-state index is 13.4. The second-order valence-corrected chi connectivity index (χ2v) is 4.46. The zero-order valence-corrected chi connectivity index (χ0v) is 11.1. The molecule has 0 fully saturated rings. The van der Waals surface area contributed by atoms with E-state index in [0.717, 1.165) is 12.1 Å². The maximum atomic E-state index is 13.4. The van der Waals surface area contributed by atoms with Gasteiger partial charge in [-0.1, -0.05) is 6.07 Å². The van der Waals surface area contributed by atoms with E-state index < -0.39 is 23.4 Å². The van der Waals surface area contributed by atoms with Crippen LogP contribution in [0.1, 0.15) is 26.3 Å². The smallest absolute Gasteiger partial charge is 0.339 e. The van der Waals surface area contributed by atoms with Crippen LogP contribution in [0.2, 0.25) is 0 Å². The summed E-state index contributed by atoms with van der Waals surface area (Å²) in [7, 11) is 0. The molecule has 1 amide bonds. The van der Waals surface area contributed by atoms with Crippen LogP contribution in [-0.2, 0) is 0 Å². The Bertz CT molecular complexity index is 728. The van der Waals surface area contributed by atoms with Crippen LogP contribution in [0, 0.1) is 12.7 Å². The molecule has 0 aromatic heterocycles. The molecule has 0 unspecified atom stereocenters. The van der Waals surface area contributed by atoms with Crippen molar-refractivity contribution < 1.29 is 24.2 Å². The van der Waals surface area contributed by atoms with Gasteiger partial charge in [0.15, 0.2) is 0 Å². The fourth-order valence-corrected chi connectivity index (χ4v) is 1.73. The molecule has 3 N–H and O–H groups in total. The molecule has 6 heteroatoms. The molecule has 0 aliphatic carbocycles. The normalized spacial score (nSPS) is 10.2. The molecule has 0 atom stereocenters. The summed E-state index contributed by atoms with van der Waals surface area (Å²) >= 11 is 0. The molecule has 0 radical (unpaired) electrons. The fourth-order valence-electron chi connectivity index (χ4n) is 1.73. The largest absolute Gasteiger partial charge is 0.507 e. The van der Waals surface area contributed by atoms with E-state index in [0.29, 0.717) is 5.56 Å². The molecule has 0 heterocycles. The first-order chi connectivity index (χ1) is 9.88. The first kappa shape index (κ1) is 14.5. The lowest BCUT2D eigenvalue weighted by Gasteiger charge is -2.07. The molecule has 5 nitrogen and oxygen atoms in total. The minimum Gasteiger partial charge on any atom is -0.507 e. The van der Waals surface area contributed by atoms with Gasteiger partial charge in [0.1, 0.15) is 17.1 Å². The van der Waals surface area contributed by atoms with E-state index >= 15 is 0 Å². The van der Waals surface area contributed by atoms with Crippen LogP contribution in [0.25, 0.3) is 0 Å². The number of carboxylic acid groups (broad SMARTS) is 1. The lowest BCUT2D eigenvalue weighted by molar-refractivity contribution is 0.0693. The summed E-state index contributed by atoms with van der Waals surface area (Å²) < 4.78 is 13.4. The Hall–Kier alpha value is -2.89. The highest BCUT2D eigenvalue weighted by Gasteiger charge is 2.12. The molecule has 0 bridgehead atoms. The number of phenols is 1. The molecule has 21 heavy (non-hydrogen) atoms. The number of benzene rings is 2. The highest BCUT2D eigenvalue weighted by atomic mass is 19.1. The highest BCUT2D eigenvalue weighted by molar-refractivity contribution is 6.04. The number of aromatic carboxylic acids is 1. The van der Waals surface area contributed by atoms with Crippen molar-refractivity contribution >= 4 is 17.6 Å². The summed E-state index contributed by atoms with van der Waals surface area (Å²) in [6.45, 7) is 1.58. The number of halogens is 1. The van der Waals surface area contributed by atoms with Crippen LogP contribution in [0.3, 0.4) is 0 Å². The third-order valence-electron chi connectivity index (χ3n) is 2.92. The van der Waals surface area contributed by atoms with Crippen LogP contribution in [0.15, 0.2) is 36.4 Å². The van der Waals surface area contributed by atoms with E-state index in [1.807, 2.05) is 0 Å². The van der Waals surface area contributed by atoms with E-state index in [2.05, 4.69) is 5.32 Å². The number of aryl methyl sites for hydroxylation is 1. The van der Waals surface area contributed by atoms with Crippen molar-refractivity contribution in [2.75, 3.05) is 5.32 Å². The number of amides is 1. The molecule has 0 aliphatic heterocycles. The van der Waals surface area contributed by atoms with Gasteiger partial charge in [-0.05, 0) is 36.8 Å². The third-order valence-corrected chi connectivity index (χ3v) is 2.92. The van der Waals surface area contributed by atoms with Gasteiger partial charge in [0.05, 0.1) is 0 Å². The second-order valence-electron chi connectivity index (χ2n) is 4.46. The molecule has 0 spiro atoms. The van der Waals surface area contributed by atoms with Gasteiger partial charge in [-0.3, -0.25) is 4.79 Å². The minimum atomic E-state index is -1.27. The second kappa shape index (κ2) is 5.62. The first-order valence-corrected chi connectivity index (χ1v) is 6.02. The Morgan fingerprint density at radius 1 is 1.14 bits per heavy atom. The summed E-state index contributed by atoms with van der Waals surface area (Å²) in [5.74, 6) is -2.79. The number of anilines is 1. The Labute approximate surface area is 119 Å². The Morgan fingerprint density at radius 2 is 1.86 bits per heavy atom. The van der Waals surface area contributed by atoms with Gasteiger partial charge < -0.3 is 15.5 Å². The highest BCUT2D eigenvalue weighted by Crippen LogP contribution is 2.22. The van der Waals surface area contributed by atoms with Gasteiger partial charge in [-0.2, -0.15) is 0 Å². The van der Waals surface area contributed by atoms with Gasteiger partial charge in [0.25, 0.3) is 5.91 Å². The number of nitrogens with one attached hydrogen (secondary N) is 1. The predicted octanol–water partition coefficient (Wildman–Crippen LogP) is 2.79. The molecule has 2 aromatic carbocycles. The monoisotopic (exact) mass is 289 g/mol. The van der Waals surface area contributed by atoms with Gasteiger partial charge in [-0.15, -0.1) is 0 Å². The predicted molar refractivity (Wildman–Crippen MR) is 74.2 cm³/mol. The zero-order valence-electron chi connectivity index (χ0n) is 11.1. The van der Waals surface area contributed by atoms with E-state index in [1.165, 1.54) is 24.3 Å². The molecule has 2 rings (SSSR count). The van der Waals surface area contributed by atoms with E-state index in [4.69, 9.17) is 5.11 Å². The molecule has 0 saturated heterocycles. The molecule has 0 aliphatic rings. The van der Waals surface area contributed by atoms with Crippen molar-refractivity contribution in [3.05, 3.63) is 58.9 Å². The maximum Gasteiger partial charge on any atom is 0.339 e. The first-order valence-electron chi connectivity index (χ1n) is 6.02. The third kappa shape index (κ3) is 3.17. The average molecular weight is 289 g/mol. The summed E-state index contributed by atoms with van der Waals surface area (Å²) in [5, 5.41) is 20.8. The lowest BCUT2D eigenvalue weighted by atomic mass is 10.1. The lowest BCUT2D eigenvalue weighted by Crippen LogP contribution is -2.12. The number of hydrogen-bond donors (Lipinski definition) is 3.